The van der Waals surface area contributed by atoms with Crippen molar-refractivity contribution in [3.05, 3.63) is 53.5 Å². The second kappa shape index (κ2) is 7.29. The van der Waals surface area contributed by atoms with E-state index in [4.69, 9.17) is 0 Å². The average Bonchev–Trinajstić information content (AvgIpc) is 3.15. The molecule has 0 radical (unpaired) electrons. The molecule has 2 aromatic carbocycles. The van der Waals surface area contributed by atoms with Crippen LogP contribution in [0.25, 0.3) is 0 Å². The maximum atomic E-state index is 12.7. The first-order chi connectivity index (χ1) is 13.0. The summed E-state index contributed by atoms with van der Waals surface area (Å²) < 4.78 is 28.8. The lowest BCUT2D eigenvalue weighted by Crippen LogP contribution is -2.20. The van der Waals surface area contributed by atoms with Crippen LogP contribution in [0.4, 0.5) is 11.4 Å². The van der Waals surface area contributed by atoms with Crippen molar-refractivity contribution in [2.45, 2.75) is 27.0 Å². The Kier molecular flexibility index (Phi) is 4.85. The van der Waals surface area contributed by atoms with Crippen LogP contribution in [0.5, 0.6) is 0 Å². The minimum atomic E-state index is -3.71. The zero-order valence-corrected chi connectivity index (χ0v) is 16.3. The van der Waals surface area contributed by atoms with Gasteiger partial charge in [-0.25, -0.2) is 8.42 Å². The number of anilines is 2. The first kappa shape index (κ1) is 18.0. The number of sulfonamides is 1. The van der Waals surface area contributed by atoms with Gasteiger partial charge in [-0.15, -0.1) is 10.2 Å². The molecular formula is C17H14N4O3S3. The van der Waals surface area contributed by atoms with Crippen molar-refractivity contribution >= 4 is 50.4 Å². The smallest absolute Gasteiger partial charge is 0.261 e. The molecule has 10 heteroatoms. The number of nitrogens with one attached hydrogen (secondary N) is 2. The van der Waals surface area contributed by atoms with Crippen molar-refractivity contribution in [2.24, 2.45) is 0 Å². The zero-order valence-electron chi connectivity index (χ0n) is 13.9. The fraction of sp³-hybridized carbons (Fsp3) is 0.118. The Morgan fingerprint density at radius 2 is 1.93 bits per heavy atom. The largest absolute Gasteiger partial charge is 0.326 e. The summed E-state index contributed by atoms with van der Waals surface area (Å²) in [5.74, 6) is -0.0530. The van der Waals surface area contributed by atoms with Crippen molar-refractivity contribution in [3.63, 3.8) is 0 Å². The van der Waals surface area contributed by atoms with Crippen LogP contribution in [0.3, 0.4) is 0 Å². The lowest BCUT2D eigenvalue weighted by molar-refractivity contribution is -0.116. The van der Waals surface area contributed by atoms with Gasteiger partial charge in [0.1, 0.15) is 5.51 Å². The third kappa shape index (κ3) is 4.12. The van der Waals surface area contributed by atoms with Crippen LogP contribution < -0.4 is 10.0 Å². The van der Waals surface area contributed by atoms with E-state index in [-0.39, 0.29) is 10.8 Å². The molecule has 0 saturated carbocycles. The Balaban J connectivity index is 1.50. The summed E-state index contributed by atoms with van der Waals surface area (Å²) >= 11 is 2.91. The molecule has 0 spiro atoms. The van der Waals surface area contributed by atoms with E-state index in [0.717, 1.165) is 14.8 Å². The first-order valence-corrected chi connectivity index (χ1v) is 11.2. The molecule has 138 valence electrons. The van der Waals surface area contributed by atoms with Gasteiger partial charge in [-0.1, -0.05) is 23.1 Å². The van der Waals surface area contributed by atoms with Crippen molar-refractivity contribution in [1.82, 2.24) is 10.2 Å². The SMILES string of the molecule is O=C1CCc2cc(S(=O)(=O)Nc3ccc(Sc4nncs4)cc3)ccc2N1. The first-order valence-electron chi connectivity index (χ1n) is 7.99. The van der Waals surface area contributed by atoms with Crippen LogP contribution in [-0.4, -0.2) is 24.5 Å². The number of rotatable bonds is 5. The quantitative estimate of drug-likeness (QED) is 0.659. The number of aryl methyl sites for hydroxylation is 1. The Morgan fingerprint density at radius 3 is 2.67 bits per heavy atom. The monoisotopic (exact) mass is 418 g/mol. The van der Waals surface area contributed by atoms with Gasteiger partial charge in [-0.3, -0.25) is 9.52 Å². The molecule has 0 saturated heterocycles. The standard InChI is InChI=1S/C17H14N4O3S3/c22-16-8-1-11-9-14(6-7-15(11)19-16)27(23,24)21-12-2-4-13(5-3-12)26-17-20-18-10-25-17/h2-7,9-10,21H,1,8H2,(H,19,22). The number of aromatic nitrogens is 2. The van der Waals surface area contributed by atoms with Crippen molar-refractivity contribution in [1.29, 1.82) is 0 Å². The van der Waals surface area contributed by atoms with E-state index in [9.17, 15) is 13.2 Å². The second-order valence-corrected chi connectivity index (χ2v) is 9.64. The Bertz CT molecular complexity index is 1080. The number of carbonyl (C=O) groups excluding carboxylic acids is 1. The Morgan fingerprint density at radius 1 is 1.11 bits per heavy atom. The number of hydrogen-bond acceptors (Lipinski definition) is 7. The molecule has 4 rings (SSSR count). The molecule has 0 bridgehead atoms. The summed E-state index contributed by atoms with van der Waals surface area (Å²) in [5, 5.41) is 10.5. The minimum Gasteiger partial charge on any atom is -0.326 e. The topological polar surface area (TPSA) is 101 Å². The third-order valence-corrected chi connectivity index (χ3v) is 7.10. The maximum absolute atomic E-state index is 12.7. The van der Waals surface area contributed by atoms with Crippen molar-refractivity contribution in [2.75, 3.05) is 10.0 Å². The highest BCUT2D eigenvalue weighted by Crippen LogP contribution is 2.30. The Labute approximate surface area is 164 Å². The van der Waals surface area contributed by atoms with E-state index >= 15 is 0 Å². The predicted octanol–water partition coefficient (Wildman–Crippen LogP) is 3.37. The van der Waals surface area contributed by atoms with Crippen molar-refractivity contribution < 1.29 is 13.2 Å². The molecule has 1 aliphatic heterocycles. The van der Waals surface area contributed by atoms with Gasteiger partial charge in [0.15, 0.2) is 4.34 Å². The molecule has 0 aliphatic carbocycles. The van der Waals surface area contributed by atoms with E-state index < -0.39 is 10.0 Å². The molecule has 2 heterocycles. The van der Waals surface area contributed by atoms with Crippen LogP contribution in [0.2, 0.25) is 0 Å². The molecular weight excluding hydrogens is 404 g/mol. The van der Waals surface area contributed by atoms with Gasteiger partial charge in [0.2, 0.25) is 5.91 Å². The zero-order chi connectivity index (χ0) is 18.9. The van der Waals surface area contributed by atoms with E-state index in [0.29, 0.717) is 24.2 Å². The molecule has 0 unspecified atom stereocenters. The van der Waals surface area contributed by atoms with Crippen LogP contribution in [0.1, 0.15) is 12.0 Å². The van der Waals surface area contributed by atoms with E-state index in [1.54, 1.807) is 29.8 Å². The number of nitrogens with zero attached hydrogens (tertiary/aromatic N) is 2. The molecule has 7 nitrogen and oxygen atoms in total. The summed E-state index contributed by atoms with van der Waals surface area (Å²) in [5.41, 5.74) is 3.63. The molecule has 0 fully saturated rings. The second-order valence-electron chi connectivity index (χ2n) is 5.80. The van der Waals surface area contributed by atoms with Gasteiger partial charge < -0.3 is 5.32 Å². The average molecular weight is 419 g/mol. The normalized spacial score (nSPS) is 13.7. The van der Waals surface area contributed by atoms with Crippen molar-refractivity contribution in [3.8, 4) is 0 Å². The molecule has 1 aromatic heterocycles. The van der Waals surface area contributed by atoms with Gasteiger partial charge >= 0.3 is 0 Å². The minimum absolute atomic E-state index is 0.0530. The lowest BCUT2D eigenvalue weighted by atomic mass is 10.0. The third-order valence-electron chi connectivity index (χ3n) is 3.93. The number of fused-ring (bicyclic) bond motifs is 1. The molecule has 2 N–H and O–H groups in total. The number of benzene rings is 2. The van der Waals surface area contributed by atoms with Gasteiger partial charge in [0, 0.05) is 22.7 Å². The summed E-state index contributed by atoms with van der Waals surface area (Å²) in [6.45, 7) is 0. The molecule has 0 atom stereocenters. The summed E-state index contributed by atoms with van der Waals surface area (Å²) in [6, 6.07) is 11.8. The molecule has 3 aromatic rings. The molecule has 1 aliphatic rings. The fourth-order valence-corrected chi connectivity index (χ4v) is 5.20. The van der Waals surface area contributed by atoms with Crippen LogP contribution >= 0.6 is 23.1 Å². The van der Waals surface area contributed by atoms with Crippen LogP contribution in [-0.2, 0) is 21.2 Å². The maximum Gasteiger partial charge on any atom is 0.261 e. The fourth-order valence-electron chi connectivity index (χ4n) is 2.64. The highest BCUT2D eigenvalue weighted by Gasteiger charge is 2.20. The highest BCUT2D eigenvalue weighted by molar-refractivity contribution is 8.01. The molecule has 27 heavy (non-hydrogen) atoms. The predicted molar refractivity (Wildman–Crippen MR) is 105 cm³/mol. The van der Waals surface area contributed by atoms with Gasteiger partial charge in [0.05, 0.1) is 4.90 Å². The van der Waals surface area contributed by atoms with Crippen LogP contribution in [0.15, 0.2) is 62.1 Å². The van der Waals surface area contributed by atoms with Crippen LogP contribution in [0, 0.1) is 0 Å². The highest BCUT2D eigenvalue weighted by atomic mass is 32.2. The molecule has 1 amide bonds. The lowest BCUT2D eigenvalue weighted by Gasteiger charge is -2.18. The van der Waals surface area contributed by atoms with E-state index in [1.807, 2.05) is 12.1 Å². The summed E-state index contributed by atoms with van der Waals surface area (Å²) in [4.78, 5) is 12.5. The summed E-state index contributed by atoms with van der Waals surface area (Å²) in [7, 11) is -3.71. The Hall–Kier alpha value is -2.43. The van der Waals surface area contributed by atoms with Gasteiger partial charge in [-0.2, -0.15) is 0 Å². The number of amides is 1. The summed E-state index contributed by atoms with van der Waals surface area (Å²) in [6.07, 6.45) is 0.889. The van der Waals surface area contributed by atoms with E-state index in [2.05, 4.69) is 20.2 Å². The van der Waals surface area contributed by atoms with E-state index in [1.165, 1.54) is 29.2 Å². The number of hydrogen-bond donors (Lipinski definition) is 2. The number of carbonyl (C=O) groups is 1. The van der Waals surface area contributed by atoms with Gasteiger partial charge in [0.25, 0.3) is 10.0 Å². The van der Waals surface area contributed by atoms with Gasteiger partial charge in [-0.05, 0) is 54.4 Å².